The van der Waals surface area contributed by atoms with Gasteiger partial charge in [0, 0.05) is 31.7 Å². The molecule has 1 fully saturated rings. The molecule has 1 aliphatic carbocycles. The standard InChI is InChI=1S/C13H18N4O2/c18-13(17-7-5-14-6-8-17)19-12-10-3-1-2-4-11(10)15-9-16-12/h9,14H,1-8H2. The first-order chi connectivity index (χ1) is 9.34. The monoisotopic (exact) mass is 262 g/mol. The number of carbonyl (C=O) groups excluding carboxylic acids is 1. The molecule has 0 unspecified atom stereocenters. The number of hydrogen-bond acceptors (Lipinski definition) is 5. The van der Waals surface area contributed by atoms with Gasteiger partial charge in [-0.1, -0.05) is 0 Å². The minimum atomic E-state index is -0.298. The van der Waals surface area contributed by atoms with E-state index in [1.165, 1.54) is 6.33 Å². The average molecular weight is 262 g/mol. The van der Waals surface area contributed by atoms with Crippen LogP contribution in [0.4, 0.5) is 4.79 Å². The molecule has 1 amide bonds. The van der Waals surface area contributed by atoms with Crippen LogP contribution in [0, 0.1) is 0 Å². The summed E-state index contributed by atoms with van der Waals surface area (Å²) in [7, 11) is 0. The van der Waals surface area contributed by atoms with E-state index in [-0.39, 0.29) is 6.09 Å². The van der Waals surface area contributed by atoms with Crippen LogP contribution in [0.1, 0.15) is 24.1 Å². The molecule has 0 atom stereocenters. The van der Waals surface area contributed by atoms with Gasteiger partial charge in [0.05, 0.1) is 5.69 Å². The Morgan fingerprint density at radius 3 is 2.84 bits per heavy atom. The van der Waals surface area contributed by atoms with E-state index in [0.29, 0.717) is 19.0 Å². The first-order valence-electron chi connectivity index (χ1n) is 6.85. The summed E-state index contributed by atoms with van der Waals surface area (Å²) >= 11 is 0. The zero-order valence-electron chi connectivity index (χ0n) is 10.9. The summed E-state index contributed by atoms with van der Waals surface area (Å²) in [6, 6.07) is 0. The van der Waals surface area contributed by atoms with Gasteiger partial charge < -0.3 is 15.0 Å². The number of amides is 1. The van der Waals surface area contributed by atoms with E-state index in [9.17, 15) is 4.79 Å². The van der Waals surface area contributed by atoms with Crippen molar-refractivity contribution in [2.45, 2.75) is 25.7 Å². The molecule has 2 heterocycles. The van der Waals surface area contributed by atoms with Gasteiger partial charge in [-0.15, -0.1) is 0 Å². The van der Waals surface area contributed by atoms with Gasteiger partial charge in [-0.3, -0.25) is 0 Å². The van der Waals surface area contributed by atoms with Gasteiger partial charge in [-0.05, 0) is 25.7 Å². The largest absolute Gasteiger partial charge is 0.416 e. The van der Waals surface area contributed by atoms with Gasteiger partial charge in [-0.2, -0.15) is 0 Å². The highest BCUT2D eigenvalue weighted by molar-refractivity contribution is 5.70. The maximum atomic E-state index is 12.1. The molecular formula is C13H18N4O2. The van der Waals surface area contributed by atoms with Crippen LogP contribution in [-0.4, -0.2) is 47.1 Å². The summed E-state index contributed by atoms with van der Waals surface area (Å²) in [5.74, 6) is 0.452. The fourth-order valence-electron chi connectivity index (χ4n) is 2.57. The van der Waals surface area contributed by atoms with Gasteiger partial charge in [0.25, 0.3) is 0 Å². The van der Waals surface area contributed by atoms with Crippen molar-refractivity contribution >= 4 is 6.09 Å². The molecule has 1 aliphatic heterocycles. The molecule has 102 valence electrons. The molecule has 2 aliphatic rings. The van der Waals surface area contributed by atoms with Gasteiger partial charge >= 0.3 is 6.09 Å². The van der Waals surface area contributed by atoms with Gasteiger partial charge in [0.15, 0.2) is 0 Å². The topological polar surface area (TPSA) is 67.3 Å². The highest BCUT2D eigenvalue weighted by Crippen LogP contribution is 2.26. The summed E-state index contributed by atoms with van der Waals surface area (Å²) in [5, 5.41) is 3.21. The Hall–Kier alpha value is -1.69. The average Bonchev–Trinajstić information content (AvgIpc) is 2.48. The number of rotatable bonds is 1. The van der Waals surface area contributed by atoms with Crippen LogP contribution in [0.2, 0.25) is 0 Å². The number of fused-ring (bicyclic) bond motifs is 1. The van der Waals surface area contributed by atoms with Crippen LogP contribution in [0.5, 0.6) is 5.88 Å². The Bertz CT molecular complexity index is 472. The van der Waals surface area contributed by atoms with E-state index in [4.69, 9.17) is 4.74 Å². The highest BCUT2D eigenvalue weighted by atomic mass is 16.6. The van der Waals surface area contributed by atoms with Crippen LogP contribution >= 0.6 is 0 Å². The molecule has 0 aromatic carbocycles. The minimum absolute atomic E-state index is 0.298. The fraction of sp³-hybridized carbons (Fsp3) is 0.615. The molecule has 1 aromatic rings. The lowest BCUT2D eigenvalue weighted by Gasteiger charge is -2.26. The van der Waals surface area contributed by atoms with E-state index in [2.05, 4.69) is 15.3 Å². The van der Waals surface area contributed by atoms with E-state index in [1.807, 2.05) is 0 Å². The Kier molecular flexibility index (Phi) is 3.59. The lowest BCUT2D eigenvalue weighted by Crippen LogP contribution is -2.47. The van der Waals surface area contributed by atoms with E-state index in [1.54, 1.807) is 4.90 Å². The third-order valence-corrected chi connectivity index (χ3v) is 3.64. The van der Waals surface area contributed by atoms with E-state index < -0.39 is 0 Å². The van der Waals surface area contributed by atoms with E-state index in [0.717, 1.165) is 50.0 Å². The second-order valence-electron chi connectivity index (χ2n) is 4.92. The number of aryl methyl sites for hydroxylation is 1. The third kappa shape index (κ3) is 2.68. The number of nitrogens with one attached hydrogen (secondary N) is 1. The van der Waals surface area contributed by atoms with E-state index >= 15 is 0 Å². The molecule has 0 radical (unpaired) electrons. The number of nitrogens with zero attached hydrogens (tertiary/aromatic N) is 3. The van der Waals surface area contributed by atoms with Crippen molar-refractivity contribution in [2.75, 3.05) is 26.2 Å². The van der Waals surface area contributed by atoms with Crippen molar-refractivity contribution in [1.29, 1.82) is 0 Å². The number of ether oxygens (including phenoxy) is 1. The van der Waals surface area contributed by atoms with Crippen LogP contribution in [0.15, 0.2) is 6.33 Å². The minimum Gasteiger partial charge on any atom is -0.391 e. The van der Waals surface area contributed by atoms with Crippen molar-refractivity contribution in [1.82, 2.24) is 20.2 Å². The quantitative estimate of drug-likeness (QED) is 0.809. The first-order valence-corrected chi connectivity index (χ1v) is 6.85. The molecule has 6 heteroatoms. The second-order valence-corrected chi connectivity index (χ2v) is 4.92. The zero-order chi connectivity index (χ0) is 13.1. The van der Waals surface area contributed by atoms with Crippen LogP contribution < -0.4 is 10.1 Å². The third-order valence-electron chi connectivity index (χ3n) is 3.64. The van der Waals surface area contributed by atoms with Crippen LogP contribution in [0.25, 0.3) is 0 Å². The smallest absolute Gasteiger partial charge is 0.391 e. The maximum absolute atomic E-state index is 12.1. The fourth-order valence-corrected chi connectivity index (χ4v) is 2.57. The normalized spacial score (nSPS) is 18.8. The lowest BCUT2D eigenvalue weighted by molar-refractivity contribution is 0.143. The molecular weight excluding hydrogens is 244 g/mol. The molecule has 1 aromatic heterocycles. The van der Waals surface area contributed by atoms with Crippen molar-refractivity contribution in [2.24, 2.45) is 0 Å². The second kappa shape index (κ2) is 5.52. The first kappa shape index (κ1) is 12.3. The Morgan fingerprint density at radius 1 is 1.21 bits per heavy atom. The van der Waals surface area contributed by atoms with Gasteiger partial charge in [0.2, 0.25) is 5.88 Å². The Balaban J connectivity index is 1.74. The molecule has 19 heavy (non-hydrogen) atoms. The van der Waals surface area contributed by atoms with Crippen molar-refractivity contribution in [3.05, 3.63) is 17.6 Å². The molecule has 0 bridgehead atoms. The Morgan fingerprint density at radius 2 is 2.00 bits per heavy atom. The summed E-state index contributed by atoms with van der Waals surface area (Å²) < 4.78 is 5.46. The molecule has 1 saturated heterocycles. The SMILES string of the molecule is O=C(Oc1ncnc2c1CCCC2)N1CCNCC1. The molecule has 3 rings (SSSR count). The summed E-state index contributed by atoms with van der Waals surface area (Å²) in [4.78, 5) is 22.2. The molecule has 0 spiro atoms. The van der Waals surface area contributed by atoms with Crippen molar-refractivity contribution < 1.29 is 9.53 Å². The highest BCUT2D eigenvalue weighted by Gasteiger charge is 2.22. The number of piperazine rings is 1. The molecule has 1 N–H and O–H groups in total. The van der Waals surface area contributed by atoms with Crippen molar-refractivity contribution in [3.8, 4) is 5.88 Å². The number of carbonyl (C=O) groups is 1. The predicted molar refractivity (Wildman–Crippen MR) is 69.1 cm³/mol. The summed E-state index contributed by atoms with van der Waals surface area (Å²) in [5.41, 5.74) is 2.04. The maximum Gasteiger partial charge on any atom is 0.416 e. The van der Waals surface area contributed by atoms with Crippen molar-refractivity contribution in [3.63, 3.8) is 0 Å². The lowest BCUT2D eigenvalue weighted by atomic mass is 9.97. The van der Waals surface area contributed by atoms with Gasteiger partial charge in [0.1, 0.15) is 6.33 Å². The van der Waals surface area contributed by atoms with Gasteiger partial charge in [-0.25, -0.2) is 14.8 Å². The predicted octanol–water partition coefficient (Wildman–Crippen LogP) is 0.759. The number of hydrogen-bond donors (Lipinski definition) is 1. The Labute approximate surface area is 112 Å². The number of aromatic nitrogens is 2. The van der Waals surface area contributed by atoms with Crippen LogP contribution in [-0.2, 0) is 12.8 Å². The summed E-state index contributed by atoms with van der Waals surface area (Å²) in [6.07, 6.45) is 5.31. The zero-order valence-corrected chi connectivity index (χ0v) is 10.9. The molecule has 0 saturated carbocycles. The van der Waals surface area contributed by atoms with Crippen LogP contribution in [0.3, 0.4) is 0 Å². The molecule has 6 nitrogen and oxygen atoms in total. The summed E-state index contributed by atoms with van der Waals surface area (Å²) in [6.45, 7) is 3.01.